The van der Waals surface area contributed by atoms with Gasteiger partial charge in [-0.25, -0.2) is 4.79 Å². The number of amides is 1. The van der Waals surface area contributed by atoms with Crippen LogP contribution >= 0.6 is 0 Å². The van der Waals surface area contributed by atoms with Crippen LogP contribution in [-0.4, -0.2) is 22.9 Å². The summed E-state index contributed by atoms with van der Waals surface area (Å²) in [4.78, 5) is 10.3. The third kappa shape index (κ3) is 4.85. The first-order chi connectivity index (χ1) is 10.1. The molecule has 0 aliphatic heterocycles. The average molecular weight is 291 g/mol. The van der Waals surface area contributed by atoms with E-state index in [1.807, 2.05) is 6.07 Å². The van der Waals surface area contributed by atoms with Crippen molar-refractivity contribution in [3.05, 3.63) is 54.0 Å². The minimum Gasteiger partial charge on any atom is -0.486 e. The maximum Gasteiger partial charge on any atom is 0.404 e. The highest BCUT2D eigenvalue weighted by molar-refractivity contribution is 5.64. The predicted molar refractivity (Wildman–Crippen MR) is 75.1 cm³/mol. The Kier molecular flexibility index (Phi) is 5.22. The van der Waals surface area contributed by atoms with Gasteiger partial charge in [0.25, 0.3) is 0 Å². The first-order valence-corrected chi connectivity index (χ1v) is 6.55. The van der Waals surface area contributed by atoms with Gasteiger partial charge in [0.1, 0.15) is 18.1 Å². The first-order valence-electron chi connectivity index (χ1n) is 6.55. The summed E-state index contributed by atoms with van der Waals surface area (Å²) in [5.41, 5.74) is 0.680. The summed E-state index contributed by atoms with van der Waals surface area (Å²) >= 11 is 0. The molecule has 3 N–H and O–H groups in total. The number of hydrogen-bond donors (Lipinski definition) is 3. The topological polar surface area (TPSA) is 91.9 Å². The van der Waals surface area contributed by atoms with E-state index in [-0.39, 0.29) is 6.54 Å². The van der Waals surface area contributed by atoms with E-state index in [9.17, 15) is 9.90 Å². The molecule has 21 heavy (non-hydrogen) atoms. The van der Waals surface area contributed by atoms with E-state index in [0.29, 0.717) is 30.1 Å². The monoisotopic (exact) mass is 291 g/mol. The van der Waals surface area contributed by atoms with Gasteiger partial charge in [-0.15, -0.1) is 0 Å². The first kappa shape index (κ1) is 14.9. The lowest BCUT2D eigenvalue weighted by molar-refractivity contribution is 0.161. The van der Waals surface area contributed by atoms with Crippen molar-refractivity contribution in [3.63, 3.8) is 0 Å². The number of carbonyl (C=O) groups is 1. The second-order valence-electron chi connectivity index (χ2n) is 4.48. The van der Waals surface area contributed by atoms with Crippen LogP contribution in [0, 0.1) is 0 Å². The Hall–Kier alpha value is -2.47. The van der Waals surface area contributed by atoms with Gasteiger partial charge in [0.2, 0.25) is 0 Å². The molecule has 1 atom stereocenters. The van der Waals surface area contributed by atoms with Crippen LogP contribution in [0.2, 0.25) is 0 Å². The number of furan rings is 1. The Morgan fingerprint density at radius 1 is 1.33 bits per heavy atom. The van der Waals surface area contributed by atoms with Crippen molar-refractivity contribution in [1.29, 1.82) is 0 Å². The number of carboxylic acid groups (broad SMARTS) is 1. The number of rotatable bonds is 7. The Labute approximate surface area is 122 Å². The molecular weight excluding hydrogens is 274 g/mol. The van der Waals surface area contributed by atoms with E-state index in [4.69, 9.17) is 14.3 Å². The second kappa shape index (κ2) is 7.35. The van der Waals surface area contributed by atoms with Crippen LogP contribution in [-0.2, 0) is 6.61 Å². The molecule has 2 rings (SSSR count). The highest BCUT2D eigenvalue weighted by Crippen LogP contribution is 2.22. The van der Waals surface area contributed by atoms with Gasteiger partial charge in [-0.05, 0) is 36.2 Å². The van der Waals surface area contributed by atoms with Gasteiger partial charge >= 0.3 is 6.09 Å². The quantitative estimate of drug-likeness (QED) is 0.729. The maximum absolute atomic E-state index is 10.3. The molecular formula is C15H17NO5. The Bertz CT molecular complexity index is 567. The fraction of sp³-hybridized carbons (Fsp3) is 0.267. The van der Waals surface area contributed by atoms with Gasteiger partial charge in [-0.3, -0.25) is 0 Å². The van der Waals surface area contributed by atoms with Gasteiger partial charge < -0.3 is 24.7 Å². The molecule has 0 bridgehead atoms. The van der Waals surface area contributed by atoms with Crippen LogP contribution < -0.4 is 10.1 Å². The summed E-state index contributed by atoms with van der Waals surface area (Å²) in [6.45, 7) is 0.501. The molecule has 1 unspecified atom stereocenters. The van der Waals surface area contributed by atoms with Gasteiger partial charge in [0.15, 0.2) is 0 Å². The number of ether oxygens (including phenoxy) is 1. The molecule has 2 aromatic rings. The zero-order valence-corrected chi connectivity index (χ0v) is 11.4. The molecule has 0 saturated carbocycles. The minimum absolute atomic E-state index is 0.188. The largest absolute Gasteiger partial charge is 0.486 e. The molecule has 0 saturated heterocycles. The van der Waals surface area contributed by atoms with Crippen LogP contribution in [0.25, 0.3) is 0 Å². The molecule has 6 heteroatoms. The molecule has 0 spiro atoms. The smallest absolute Gasteiger partial charge is 0.404 e. The van der Waals surface area contributed by atoms with Crippen LogP contribution in [0.3, 0.4) is 0 Å². The standard InChI is InChI=1S/C15H17NO5/c17-14(6-7-16-15(18)19)11-3-1-4-12(9-11)21-10-13-5-2-8-20-13/h1-5,8-9,14,16-17H,6-7,10H2,(H,18,19). The lowest BCUT2D eigenvalue weighted by Gasteiger charge is -2.12. The predicted octanol–water partition coefficient (Wildman–Crippen LogP) is 2.55. The summed E-state index contributed by atoms with van der Waals surface area (Å²) in [5, 5.41) is 20.7. The maximum atomic E-state index is 10.3. The summed E-state index contributed by atoms with van der Waals surface area (Å²) in [6, 6.07) is 10.7. The molecule has 112 valence electrons. The third-order valence-electron chi connectivity index (χ3n) is 2.90. The van der Waals surface area contributed by atoms with E-state index in [1.54, 1.807) is 36.6 Å². The normalized spacial score (nSPS) is 11.9. The highest BCUT2D eigenvalue weighted by Gasteiger charge is 2.09. The SMILES string of the molecule is O=C(O)NCCC(O)c1cccc(OCc2ccco2)c1. The molecule has 1 aromatic heterocycles. The molecule has 0 radical (unpaired) electrons. The van der Waals surface area contributed by atoms with Crippen molar-refractivity contribution < 1.29 is 24.2 Å². The van der Waals surface area contributed by atoms with Gasteiger partial charge in [0.05, 0.1) is 12.4 Å². The number of benzene rings is 1. The average Bonchev–Trinajstić information content (AvgIpc) is 2.98. The molecule has 1 amide bonds. The number of aliphatic hydroxyl groups is 1. The van der Waals surface area contributed by atoms with Crippen molar-refractivity contribution in [2.75, 3.05) is 6.54 Å². The zero-order valence-electron chi connectivity index (χ0n) is 11.4. The van der Waals surface area contributed by atoms with E-state index in [1.165, 1.54) is 0 Å². The zero-order chi connectivity index (χ0) is 15.1. The lowest BCUT2D eigenvalue weighted by Crippen LogP contribution is -2.23. The van der Waals surface area contributed by atoms with Crippen molar-refractivity contribution in [3.8, 4) is 5.75 Å². The van der Waals surface area contributed by atoms with Gasteiger partial charge in [0, 0.05) is 6.54 Å². The van der Waals surface area contributed by atoms with Crippen LogP contribution in [0.5, 0.6) is 5.75 Å². The van der Waals surface area contributed by atoms with Gasteiger partial charge in [-0.1, -0.05) is 12.1 Å². The molecule has 0 aliphatic rings. The van der Waals surface area contributed by atoms with Crippen LogP contribution in [0.15, 0.2) is 47.1 Å². The van der Waals surface area contributed by atoms with Crippen molar-refractivity contribution >= 4 is 6.09 Å². The van der Waals surface area contributed by atoms with Crippen LogP contribution in [0.4, 0.5) is 4.79 Å². The van der Waals surface area contributed by atoms with Crippen molar-refractivity contribution in [2.45, 2.75) is 19.1 Å². The van der Waals surface area contributed by atoms with E-state index in [2.05, 4.69) is 5.32 Å². The van der Waals surface area contributed by atoms with Crippen LogP contribution in [0.1, 0.15) is 23.8 Å². The summed E-state index contributed by atoms with van der Waals surface area (Å²) in [7, 11) is 0. The lowest BCUT2D eigenvalue weighted by atomic mass is 10.1. The van der Waals surface area contributed by atoms with E-state index >= 15 is 0 Å². The fourth-order valence-corrected chi connectivity index (χ4v) is 1.84. The summed E-state index contributed by atoms with van der Waals surface area (Å²) in [6.07, 6.45) is 0.0316. The molecule has 1 aromatic carbocycles. The summed E-state index contributed by atoms with van der Waals surface area (Å²) in [5.74, 6) is 1.33. The third-order valence-corrected chi connectivity index (χ3v) is 2.90. The van der Waals surface area contributed by atoms with Gasteiger partial charge in [-0.2, -0.15) is 0 Å². The van der Waals surface area contributed by atoms with E-state index in [0.717, 1.165) is 0 Å². The Morgan fingerprint density at radius 2 is 2.19 bits per heavy atom. The molecule has 1 heterocycles. The number of nitrogens with one attached hydrogen (secondary N) is 1. The Morgan fingerprint density at radius 3 is 2.90 bits per heavy atom. The highest BCUT2D eigenvalue weighted by atomic mass is 16.5. The van der Waals surface area contributed by atoms with E-state index < -0.39 is 12.2 Å². The van der Waals surface area contributed by atoms with Crippen molar-refractivity contribution in [1.82, 2.24) is 5.32 Å². The molecule has 0 aliphatic carbocycles. The van der Waals surface area contributed by atoms with Crippen molar-refractivity contribution in [2.24, 2.45) is 0 Å². The number of hydrogen-bond acceptors (Lipinski definition) is 4. The Balaban J connectivity index is 1.88. The molecule has 0 fully saturated rings. The fourth-order valence-electron chi connectivity index (χ4n) is 1.84. The minimum atomic E-state index is -1.10. The second-order valence-corrected chi connectivity index (χ2v) is 4.48. The summed E-state index contributed by atoms with van der Waals surface area (Å²) < 4.78 is 10.7. The number of aliphatic hydroxyl groups excluding tert-OH is 1. The molecule has 6 nitrogen and oxygen atoms in total.